The highest BCUT2D eigenvalue weighted by Gasteiger charge is 2.29. The van der Waals surface area contributed by atoms with Crippen molar-refractivity contribution in [2.24, 2.45) is 5.41 Å². The van der Waals surface area contributed by atoms with Crippen molar-refractivity contribution in [1.82, 2.24) is 10.2 Å². The molecule has 1 fully saturated rings. The molecule has 1 saturated heterocycles. The third-order valence-corrected chi connectivity index (χ3v) is 4.53. The lowest BCUT2D eigenvalue weighted by molar-refractivity contribution is 0.167. The second kappa shape index (κ2) is 7.42. The van der Waals surface area contributed by atoms with Crippen LogP contribution in [0, 0.1) is 5.41 Å². The maximum absolute atomic E-state index is 3.95. The van der Waals surface area contributed by atoms with E-state index in [1.54, 1.807) is 0 Å². The number of hydrogen-bond donors (Lipinski definition) is 1. The minimum absolute atomic E-state index is 0.238. The van der Waals surface area contributed by atoms with Gasteiger partial charge in [0.2, 0.25) is 0 Å². The Balaban J connectivity index is 1.98. The third kappa shape index (κ3) is 4.82. The summed E-state index contributed by atoms with van der Waals surface area (Å²) in [4.78, 5) is 2.60. The predicted molar refractivity (Wildman–Crippen MR) is 91.5 cm³/mol. The molecule has 0 amide bonds. The summed E-state index contributed by atoms with van der Waals surface area (Å²) in [6.45, 7) is 13.0. The van der Waals surface area contributed by atoms with E-state index >= 15 is 0 Å². The first-order valence-corrected chi connectivity index (χ1v) is 8.54. The minimum Gasteiger partial charge on any atom is -0.307 e. The zero-order valence-electron chi connectivity index (χ0n) is 14.2. The monoisotopic (exact) mass is 288 g/mol. The maximum atomic E-state index is 3.95. The van der Waals surface area contributed by atoms with E-state index < -0.39 is 0 Å². The van der Waals surface area contributed by atoms with Gasteiger partial charge in [-0.1, -0.05) is 58.0 Å². The van der Waals surface area contributed by atoms with Gasteiger partial charge < -0.3 is 10.2 Å². The molecule has 2 nitrogen and oxygen atoms in total. The highest BCUT2D eigenvalue weighted by molar-refractivity contribution is 5.21. The van der Waals surface area contributed by atoms with Crippen molar-refractivity contribution in [3.63, 3.8) is 0 Å². The van der Waals surface area contributed by atoms with Gasteiger partial charge >= 0.3 is 0 Å². The van der Waals surface area contributed by atoms with E-state index in [1.807, 2.05) is 0 Å². The number of rotatable bonds is 5. The highest BCUT2D eigenvalue weighted by atomic mass is 15.1. The van der Waals surface area contributed by atoms with Gasteiger partial charge in [0.25, 0.3) is 0 Å². The van der Waals surface area contributed by atoms with Gasteiger partial charge in [-0.05, 0) is 49.9 Å². The summed E-state index contributed by atoms with van der Waals surface area (Å²) in [5, 5.41) is 3.95. The van der Waals surface area contributed by atoms with E-state index in [0.717, 1.165) is 0 Å². The molecule has 0 aromatic heterocycles. The first kappa shape index (κ1) is 16.5. The molecule has 0 spiro atoms. The fraction of sp³-hybridized carbons (Fsp3) is 0.684. The van der Waals surface area contributed by atoms with Crippen LogP contribution in [0.4, 0.5) is 0 Å². The van der Waals surface area contributed by atoms with Crippen LogP contribution in [0.3, 0.4) is 0 Å². The van der Waals surface area contributed by atoms with Gasteiger partial charge in [-0.25, -0.2) is 0 Å². The van der Waals surface area contributed by atoms with Crippen molar-refractivity contribution in [3.8, 4) is 0 Å². The van der Waals surface area contributed by atoms with E-state index in [0.29, 0.717) is 12.1 Å². The molecule has 1 aliphatic rings. The molecule has 1 unspecified atom stereocenters. The van der Waals surface area contributed by atoms with Crippen LogP contribution in [0.15, 0.2) is 30.3 Å². The van der Waals surface area contributed by atoms with Gasteiger partial charge in [-0.3, -0.25) is 0 Å². The standard InChI is InChI=1S/C19H32N2/c1-5-13-21-14-11-17(12-15-21)20-18(19(2,3)4)16-9-7-6-8-10-16/h6-10,17-18,20H,5,11-15H2,1-4H3. The van der Waals surface area contributed by atoms with Crippen molar-refractivity contribution in [2.75, 3.05) is 19.6 Å². The summed E-state index contributed by atoms with van der Waals surface area (Å²) in [5.41, 5.74) is 1.66. The quantitative estimate of drug-likeness (QED) is 0.872. The van der Waals surface area contributed by atoms with Crippen LogP contribution in [0.25, 0.3) is 0 Å². The fourth-order valence-electron chi connectivity index (χ4n) is 3.37. The Morgan fingerprint density at radius 1 is 1.14 bits per heavy atom. The maximum Gasteiger partial charge on any atom is 0.0371 e. The van der Waals surface area contributed by atoms with Gasteiger partial charge in [0, 0.05) is 12.1 Å². The van der Waals surface area contributed by atoms with Crippen molar-refractivity contribution in [2.45, 2.75) is 59.0 Å². The third-order valence-electron chi connectivity index (χ3n) is 4.53. The number of piperidine rings is 1. The molecule has 0 aliphatic carbocycles. The molecule has 0 saturated carbocycles. The lowest BCUT2D eigenvalue weighted by Crippen LogP contribution is -2.46. The van der Waals surface area contributed by atoms with Crippen molar-refractivity contribution < 1.29 is 0 Å². The number of hydrogen-bond acceptors (Lipinski definition) is 2. The van der Waals surface area contributed by atoms with E-state index in [2.05, 4.69) is 68.2 Å². The molecule has 1 aromatic rings. The second-order valence-electron chi connectivity index (χ2n) is 7.49. The van der Waals surface area contributed by atoms with E-state index in [4.69, 9.17) is 0 Å². The van der Waals surface area contributed by atoms with Crippen LogP contribution in [-0.4, -0.2) is 30.6 Å². The first-order chi connectivity index (χ1) is 10.0. The average molecular weight is 288 g/mol. The molecule has 1 N–H and O–H groups in total. The Bertz CT molecular complexity index is 399. The molecule has 2 rings (SSSR count). The molecule has 0 bridgehead atoms. The summed E-state index contributed by atoms with van der Waals surface area (Å²) in [6.07, 6.45) is 3.82. The SMILES string of the molecule is CCCN1CCC(NC(c2ccccc2)C(C)(C)C)CC1. The lowest BCUT2D eigenvalue weighted by atomic mass is 9.81. The molecule has 1 aromatic carbocycles. The summed E-state index contributed by atoms with van der Waals surface area (Å²) in [6, 6.07) is 12.0. The number of likely N-dealkylation sites (tertiary alicyclic amines) is 1. The largest absolute Gasteiger partial charge is 0.307 e. The molecule has 1 aliphatic heterocycles. The summed E-state index contributed by atoms with van der Waals surface area (Å²) >= 11 is 0. The van der Waals surface area contributed by atoms with E-state index in [9.17, 15) is 0 Å². The lowest BCUT2D eigenvalue weighted by Gasteiger charge is -2.39. The zero-order valence-corrected chi connectivity index (χ0v) is 14.2. The molecule has 21 heavy (non-hydrogen) atoms. The van der Waals surface area contributed by atoms with Crippen LogP contribution in [0.5, 0.6) is 0 Å². The highest BCUT2D eigenvalue weighted by Crippen LogP contribution is 2.33. The Hall–Kier alpha value is -0.860. The van der Waals surface area contributed by atoms with Crippen molar-refractivity contribution in [1.29, 1.82) is 0 Å². The smallest absolute Gasteiger partial charge is 0.0371 e. The van der Waals surface area contributed by atoms with Gasteiger partial charge in [0.05, 0.1) is 0 Å². The van der Waals surface area contributed by atoms with Crippen molar-refractivity contribution in [3.05, 3.63) is 35.9 Å². The molecule has 118 valence electrons. The van der Waals surface area contributed by atoms with Gasteiger partial charge in [0.15, 0.2) is 0 Å². The van der Waals surface area contributed by atoms with Crippen LogP contribution in [-0.2, 0) is 0 Å². The topological polar surface area (TPSA) is 15.3 Å². The van der Waals surface area contributed by atoms with E-state index in [1.165, 1.54) is 44.5 Å². The number of nitrogens with one attached hydrogen (secondary N) is 1. The Morgan fingerprint density at radius 2 is 1.76 bits per heavy atom. The molecule has 1 atom stereocenters. The molecule has 1 heterocycles. The Labute approximate surface area is 130 Å². The van der Waals surface area contributed by atoms with Gasteiger partial charge in [-0.2, -0.15) is 0 Å². The summed E-state index contributed by atoms with van der Waals surface area (Å²) in [7, 11) is 0. The van der Waals surface area contributed by atoms with E-state index in [-0.39, 0.29) is 5.41 Å². The normalized spacial score (nSPS) is 19.6. The molecular weight excluding hydrogens is 256 g/mol. The van der Waals surface area contributed by atoms with Gasteiger partial charge in [0.1, 0.15) is 0 Å². The van der Waals surface area contributed by atoms with Crippen molar-refractivity contribution >= 4 is 0 Å². The van der Waals surface area contributed by atoms with Crippen LogP contribution < -0.4 is 5.32 Å². The molecular formula is C19H32N2. The fourth-order valence-corrected chi connectivity index (χ4v) is 3.37. The van der Waals surface area contributed by atoms with Crippen LogP contribution in [0.2, 0.25) is 0 Å². The molecule has 2 heteroatoms. The van der Waals surface area contributed by atoms with Crippen LogP contribution >= 0.6 is 0 Å². The summed E-state index contributed by atoms with van der Waals surface area (Å²) in [5.74, 6) is 0. The Morgan fingerprint density at radius 3 is 2.29 bits per heavy atom. The second-order valence-corrected chi connectivity index (χ2v) is 7.49. The number of nitrogens with zero attached hydrogens (tertiary/aromatic N) is 1. The number of benzene rings is 1. The minimum atomic E-state index is 0.238. The average Bonchev–Trinajstić information content (AvgIpc) is 2.46. The van der Waals surface area contributed by atoms with Gasteiger partial charge in [-0.15, -0.1) is 0 Å². The zero-order chi connectivity index (χ0) is 15.3. The van der Waals surface area contributed by atoms with Crippen LogP contribution in [0.1, 0.15) is 58.6 Å². The molecule has 0 radical (unpaired) electrons. The predicted octanol–water partition coefficient (Wildman–Crippen LogP) is 4.24. The first-order valence-electron chi connectivity index (χ1n) is 8.54. The Kier molecular flexibility index (Phi) is 5.83. The summed E-state index contributed by atoms with van der Waals surface area (Å²) < 4.78 is 0.